The summed E-state index contributed by atoms with van der Waals surface area (Å²) >= 11 is 0. The summed E-state index contributed by atoms with van der Waals surface area (Å²) in [6.07, 6.45) is 0.269. The van der Waals surface area contributed by atoms with Gasteiger partial charge in [-0.2, -0.15) is 0 Å². The lowest BCUT2D eigenvalue weighted by atomic mass is 10.0. The fourth-order valence-electron chi connectivity index (χ4n) is 2.34. The van der Waals surface area contributed by atoms with Gasteiger partial charge in [0.2, 0.25) is 5.91 Å². The van der Waals surface area contributed by atoms with E-state index >= 15 is 0 Å². The van der Waals surface area contributed by atoms with Gasteiger partial charge in [0, 0.05) is 12.0 Å². The van der Waals surface area contributed by atoms with Gasteiger partial charge >= 0.3 is 0 Å². The SMILES string of the molecule is Cc1ccc(C(=O)NC(Cc2ccccc2)C(=O)NCC(=O)NO)cc1. The lowest BCUT2D eigenvalue weighted by Crippen LogP contribution is -2.49. The van der Waals surface area contributed by atoms with Crippen molar-refractivity contribution in [3.63, 3.8) is 0 Å². The largest absolute Gasteiger partial charge is 0.345 e. The number of nitrogens with one attached hydrogen (secondary N) is 3. The van der Waals surface area contributed by atoms with Crippen molar-refractivity contribution in [3.05, 3.63) is 71.3 Å². The highest BCUT2D eigenvalue weighted by atomic mass is 16.5. The molecule has 0 aliphatic carbocycles. The molecule has 0 bridgehead atoms. The standard InChI is InChI=1S/C19H21N3O4/c1-13-7-9-15(10-8-13)18(24)21-16(11-14-5-3-2-4-6-14)19(25)20-12-17(23)22-26/h2-10,16,26H,11-12H2,1H3,(H,20,25)(H,21,24)(H,22,23). The quantitative estimate of drug-likeness (QED) is 0.438. The van der Waals surface area contributed by atoms with Crippen LogP contribution >= 0.6 is 0 Å². The maximum atomic E-state index is 12.4. The van der Waals surface area contributed by atoms with Crippen molar-refractivity contribution in [1.82, 2.24) is 16.1 Å². The van der Waals surface area contributed by atoms with Gasteiger partial charge in [0.25, 0.3) is 11.8 Å². The molecule has 0 aliphatic rings. The third kappa shape index (κ3) is 5.71. The first kappa shape index (κ1) is 19.1. The third-order valence-corrected chi connectivity index (χ3v) is 3.77. The zero-order valence-electron chi connectivity index (χ0n) is 14.4. The summed E-state index contributed by atoms with van der Waals surface area (Å²) in [6.45, 7) is 1.53. The van der Waals surface area contributed by atoms with E-state index in [2.05, 4.69) is 10.6 Å². The minimum Gasteiger partial charge on any atom is -0.345 e. The minimum atomic E-state index is -0.863. The maximum Gasteiger partial charge on any atom is 0.262 e. The molecule has 3 amide bonds. The Hall–Kier alpha value is -3.19. The highest BCUT2D eigenvalue weighted by molar-refractivity contribution is 5.98. The normalized spacial score (nSPS) is 11.3. The molecule has 1 atom stereocenters. The van der Waals surface area contributed by atoms with E-state index in [9.17, 15) is 14.4 Å². The van der Waals surface area contributed by atoms with Crippen LogP contribution < -0.4 is 16.1 Å². The summed E-state index contributed by atoms with van der Waals surface area (Å²) in [5, 5.41) is 13.6. The molecule has 0 radical (unpaired) electrons. The van der Waals surface area contributed by atoms with Crippen molar-refractivity contribution in [2.45, 2.75) is 19.4 Å². The molecule has 7 heteroatoms. The lowest BCUT2D eigenvalue weighted by molar-refractivity contribution is -0.131. The first-order valence-electron chi connectivity index (χ1n) is 8.11. The fourth-order valence-corrected chi connectivity index (χ4v) is 2.34. The van der Waals surface area contributed by atoms with Crippen molar-refractivity contribution >= 4 is 17.7 Å². The van der Waals surface area contributed by atoms with Crippen LogP contribution in [0, 0.1) is 6.92 Å². The van der Waals surface area contributed by atoms with Crippen molar-refractivity contribution in [1.29, 1.82) is 0 Å². The molecule has 0 saturated heterocycles. The number of aryl methyl sites for hydroxylation is 1. The van der Waals surface area contributed by atoms with Crippen LogP contribution in [0.1, 0.15) is 21.5 Å². The van der Waals surface area contributed by atoms with Crippen LogP contribution in [0.3, 0.4) is 0 Å². The Morgan fingerprint density at radius 2 is 1.65 bits per heavy atom. The molecule has 1 unspecified atom stereocenters. The van der Waals surface area contributed by atoms with Gasteiger partial charge in [-0.1, -0.05) is 48.0 Å². The molecule has 0 aromatic heterocycles. The summed E-state index contributed by atoms with van der Waals surface area (Å²) < 4.78 is 0. The molecule has 0 aliphatic heterocycles. The predicted molar refractivity (Wildman–Crippen MR) is 95.5 cm³/mol. The second-order valence-corrected chi connectivity index (χ2v) is 5.83. The smallest absolute Gasteiger partial charge is 0.262 e. The molecule has 0 spiro atoms. The van der Waals surface area contributed by atoms with Gasteiger partial charge in [0.15, 0.2) is 0 Å². The van der Waals surface area contributed by atoms with Crippen LogP contribution in [-0.2, 0) is 16.0 Å². The van der Waals surface area contributed by atoms with Crippen molar-refractivity contribution in [2.75, 3.05) is 6.54 Å². The van der Waals surface area contributed by atoms with Crippen LogP contribution in [0.4, 0.5) is 0 Å². The van der Waals surface area contributed by atoms with Gasteiger partial charge in [0.05, 0.1) is 6.54 Å². The molecule has 2 aromatic carbocycles. The molecular weight excluding hydrogens is 334 g/mol. The van der Waals surface area contributed by atoms with E-state index in [0.29, 0.717) is 5.56 Å². The number of carbonyl (C=O) groups excluding carboxylic acids is 3. The molecule has 2 rings (SSSR count). The number of hydroxylamine groups is 1. The molecular formula is C19H21N3O4. The molecule has 2 aromatic rings. The Morgan fingerprint density at radius 3 is 2.27 bits per heavy atom. The molecule has 0 heterocycles. The van der Waals surface area contributed by atoms with E-state index in [1.807, 2.05) is 49.4 Å². The van der Waals surface area contributed by atoms with E-state index < -0.39 is 17.9 Å². The zero-order valence-corrected chi connectivity index (χ0v) is 14.4. The fraction of sp³-hybridized carbons (Fsp3) is 0.211. The molecule has 136 valence electrons. The predicted octanol–water partition coefficient (Wildman–Crippen LogP) is 0.958. The second kappa shape index (κ2) is 9.33. The molecule has 26 heavy (non-hydrogen) atoms. The van der Waals surface area contributed by atoms with Crippen molar-refractivity contribution < 1.29 is 19.6 Å². The number of carbonyl (C=O) groups is 3. The summed E-state index contributed by atoms with van der Waals surface area (Å²) in [4.78, 5) is 36.0. The Morgan fingerprint density at radius 1 is 1.00 bits per heavy atom. The summed E-state index contributed by atoms with van der Waals surface area (Å²) in [5.41, 5.74) is 3.77. The van der Waals surface area contributed by atoms with E-state index in [4.69, 9.17) is 5.21 Å². The van der Waals surface area contributed by atoms with Gasteiger partial charge in [0.1, 0.15) is 6.04 Å². The topological polar surface area (TPSA) is 108 Å². The highest BCUT2D eigenvalue weighted by Crippen LogP contribution is 2.07. The van der Waals surface area contributed by atoms with Gasteiger partial charge in [-0.3, -0.25) is 19.6 Å². The van der Waals surface area contributed by atoms with Crippen LogP contribution in [0.15, 0.2) is 54.6 Å². The number of hydrogen-bond acceptors (Lipinski definition) is 4. The molecule has 0 fully saturated rings. The van der Waals surface area contributed by atoms with Gasteiger partial charge < -0.3 is 10.6 Å². The summed E-state index contributed by atoms with van der Waals surface area (Å²) in [6, 6.07) is 15.4. The van der Waals surface area contributed by atoms with Crippen LogP contribution in [0.5, 0.6) is 0 Å². The number of hydrogen-bond donors (Lipinski definition) is 4. The average molecular weight is 355 g/mol. The first-order chi connectivity index (χ1) is 12.5. The van der Waals surface area contributed by atoms with Crippen LogP contribution in [0.2, 0.25) is 0 Å². The van der Waals surface area contributed by atoms with E-state index in [-0.39, 0.29) is 18.9 Å². The third-order valence-electron chi connectivity index (χ3n) is 3.77. The Bertz CT molecular complexity index is 760. The lowest BCUT2D eigenvalue weighted by Gasteiger charge is -2.18. The van der Waals surface area contributed by atoms with E-state index in [1.165, 1.54) is 5.48 Å². The Balaban J connectivity index is 2.11. The van der Waals surface area contributed by atoms with Crippen LogP contribution in [0.25, 0.3) is 0 Å². The van der Waals surface area contributed by atoms with Gasteiger partial charge in [-0.25, -0.2) is 5.48 Å². The van der Waals surface area contributed by atoms with Crippen LogP contribution in [-0.4, -0.2) is 35.5 Å². The number of amides is 3. The molecule has 7 nitrogen and oxygen atoms in total. The average Bonchev–Trinajstić information content (AvgIpc) is 2.66. The summed E-state index contributed by atoms with van der Waals surface area (Å²) in [5.74, 6) is -1.65. The molecule has 4 N–H and O–H groups in total. The zero-order chi connectivity index (χ0) is 18.9. The van der Waals surface area contributed by atoms with Crippen molar-refractivity contribution in [3.8, 4) is 0 Å². The number of rotatable bonds is 7. The van der Waals surface area contributed by atoms with Gasteiger partial charge in [-0.05, 0) is 24.6 Å². The van der Waals surface area contributed by atoms with Crippen molar-refractivity contribution in [2.24, 2.45) is 0 Å². The first-order valence-corrected chi connectivity index (χ1v) is 8.11. The van der Waals surface area contributed by atoms with Gasteiger partial charge in [-0.15, -0.1) is 0 Å². The summed E-state index contributed by atoms with van der Waals surface area (Å²) in [7, 11) is 0. The maximum absolute atomic E-state index is 12.4. The van der Waals surface area contributed by atoms with E-state index in [0.717, 1.165) is 11.1 Å². The Labute approximate surface area is 151 Å². The Kier molecular flexibility index (Phi) is 6.87. The monoisotopic (exact) mass is 355 g/mol. The minimum absolute atomic E-state index is 0.269. The second-order valence-electron chi connectivity index (χ2n) is 5.83. The number of benzene rings is 2. The highest BCUT2D eigenvalue weighted by Gasteiger charge is 2.22. The molecule has 0 saturated carbocycles. The van der Waals surface area contributed by atoms with E-state index in [1.54, 1.807) is 12.1 Å².